The number of benzene rings is 4. The van der Waals surface area contributed by atoms with Crippen LogP contribution in [0.25, 0.3) is 17.1 Å². The van der Waals surface area contributed by atoms with Gasteiger partial charge in [0, 0.05) is 21.3 Å². The molecule has 5 rings (SSSR count). The van der Waals surface area contributed by atoms with E-state index in [9.17, 15) is 4.79 Å². The molecule has 1 heterocycles. The van der Waals surface area contributed by atoms with Gasteiger partial charge in [-0.1, -0.05) is 65.3 Å². The zero-order valence-corrected chi connectivity index (χ0v) is 22.7. The van der Waals surface area contributed by atoms with Crippen LogP contribution in [0.2, 0.25) is 10.0 Å². The van der Waals surface area contributed by atoms with Gasteiger partial charge in [-0.3, -0.25) is 9.36 Å². The number of carbonyl (C=O) groups is 1. The molecule has 0 unspecified atom stereocenters. The normalized spacial score (nSPS) is 11.0. The first-order valence-corrected chi connectivity index (χ1v) is 13.5. The number of hydrogen-bond donors (Lipinski definition) is 1. The smallest absolute Gasteiger partial charge is 0.250 e. The number of thioether (sulfide) groups is 1. The molecule has 39 heavy (non-hydrogen) atoms. The first-order valence-electron chi connectivity index (χ1n) is 11.8. The Morgan fingerprint density at radius 2 is 1.56 bits per heavy atom. The van der Waals surface area contributed by atoms with Gasteiger partial charge in [-0.2, -0.15) is 5.10 Å². The second-order valence-corrected chi connectivity index (χ2v) is 10.0. The second-order valence-electron chi connectivity index (χ2n) is 8.19. The zero-order valence-electron chi connectivity index (χ0n) is 20.4. The molecule has 1 amide bonds. The van der Waals surface area contributed by atoms with Crippen molar-refractivity contribution >= 4 is 47.1 Å². The summed E-state index contributed by atoms with van der Waals surface area (Å²) >= 11 is 13.4. The van der Waals surface area contributed by atoms with Gasteiger partial charge in [-0.15, -0.1) is 10.2 Å². The minimum atomic E-state index is -0.286. The highest BCUT2D eigenvalue weighted by Crippen LogP contribution is 2.29. The monoisotopic (exact) mass is 573 g/mol. The highest BCUT2D eigenvalue weighted by molar-refractivity contribution is 7.99. The summed E-state index contributed by atoms with van der Waals surface area (Å²) in [6, 6.07) is 31.6. The van der Waals surface area contributed by atoms with E-state index in [1.165, 1.54) is 11.8 Å². The third kappa shape index (κ3) is 7.06. The number of ether oxygens (including phenoxy) is 1. The summed E-state index contributed by atoms with van der Waals surface area (Å²) in [6.07, 6.45) is 1.56. The molecule has 0 spiro atoms. The van der Waals surface area contributed by atoms with Gasteiger partial charge in [0.2, 0.25) is 0 Å². The summed E-state index contributed by atoms with van der Waals surface area (Å²) in [4.78, 5) is 12.6. The summed E-state index contributed by atoms with van der Waals surface area (Å²) in [5.74, 6) is 1.83. The van der Waals surface area contributed by atoms with Crippen molar-refractivity contribution in [2.45, 2.75) is 5.16 Å². The second kappa shape index (κ2) is 12.6. The molecule has 5 aromatic rings. The molecule has 0 bridgehead atoms. The summed E-state index contributed by atoms with van der Waals surface area (Å²) in [5.41, 5.74) is 4.99. The predicted molar refractivity (Wildman–Crippen MR) is 156 cm³/mol. The molecule has 194 valence electrons. The SMILES string of the molecule is O=C(CSc1nnc(-c2ccc(Cl)cc2)n1-c1ccc(Cl)cc1)NN=Cc1cccc(Oc2ccccc2)c1. The summed E-state index contributed by atoms with van der Waals surface area (Å²) in [6.45, 7) is 0. The Kier molecular flexibility index (Phi) is 8.58. The van der Waals surface area contributed by atoms with Crippen LogP contribution in [0.5, 0.6) is 11.5 Å². The molecule has 1 N–H and O–H groups in total. The van der Waals surface area contributed by atoms with Crippen LogP contribution in [0.3, 0.4) is 0 Å². The number of carbonyl (C=O) groups excluding carboxylic acids is 1. The van der Waals surface area contributed by atoms with E-state index in [1.807, 2.05) is 83.4 Å². The first-order chi connectivity index (χ1) is 19.0. The topological polar surface area (TPSA) is 81.4 Å². The van der Waals surface area contributed by atoms with Gasteiger partial charge in [0.25, 0.3) is 5.91 Å². The van der Waals surface area contributed by atoms with Crippen molar-refractivity contribution in [3.05, 3.63) is 119 Å². The lowest BCUT2D eigenvalue weighted by Gasteiger charge is -2.10. The van der Waals surface area contributed by atoms with E-state index in [-0.39, 0.29) is 11.7 Å². The van der Waals surface area contributed by atoms with E-state index in [0.717, 1.165) is 22.6 Å². The molecule has 1 aromatic heterocycles. The van der Waals surface area contributed by atoms with Crippen molar-refractivity contribution in [3.63, 3.8) is 0 Å². The number of hydrogen-bond acceptors (Lipinski definition) is 6. The zero-order chi connectivity index (χ0) is 27.0. The fourth-order valence-corrected chi connectivity index (χ4v) is 4.59. The summed E-state index contributed by atoms with van der Waals surface area (Å²) < 4.78 is 7.72. The number of nitrogens with zero attached hydrogens (tertiary/aromatic N) is 4. The van der Waals surface area contributed by atoms with Crippen LogP contribution in [0, 0.1) is 0 Å². The first kappa shape index (κ1) is 26.5. The molecular weight excluding hydrogens is 553 g/mol. The number of aromatic nitrogens is 3. The third-order valence-corrected chi connectivity index (χ3v) is 6.83. The molecule has 0 aliphatic heterocycles. The number of halogens is 2. The largest absolute Gasteiger partial charge is 0.457 e. The molecule has 0 aliphatic carbocycles. The van der Waals surface area contributed by atoms with E-state index < -0.39 is 0 Å². The van der Waals surface area contributed by atoms with Gasteiger partial charge < -0.3 is 4.74 Å². The Morgan fingerprint density at radius 3 is 2.31 bits per heavy atom. The Morgan fingerprint density at radius 1 is 0.872 bits per heavy atom. The van der Waals surface area contributed by atoms with Crippen molar-refractivity contribution in [1.82, 2.24) is 20.2 Å². The van der Waals surface area contributed by atoms with Crippen molar-refractivity contribution < 1.29 is 9.53 Å². The molecule has 0 aliphatic rings. The van der Waals surface area contributed by atoms with Crippen LogP contribution < -0.4 is 10.2 Å². The number of hydrazone groups is 1. The fourth-order valence-electron chi connectivity index (χ4n) is 3.60. The van der Waals surface area contributed by atoms with Crippen LogP contribution in [-0.2, 0) is 4.79 Å². The lowest BCUT2D eigenvalue weighted by Crippen LogP contribution is -2.20. The Balaban J connectivity index is 1.25. The highest BCUT2D eigenvalue weighted by Gasteiger charge is 2.17. The fraction of sp³-hybridized carbons (Fsp3) is 0.0345. The number of para-hydroxylation sites is 1. The standard InChI is InChI=1S/C29H21Cl2N5O2S/c30-22-11-9-21(10-12-22)28-34-35-29(36(28)24-15-13-23(31)14-16-24)39-19-27(37)33-32-18-20-5-4-8-26(17-20)38-25-6-2-1-3-7-25/h1-18H,19H2,(H,33,37). The Hall–Kier alpha value is -4.11. The average Bonchev–Trinajstić information content (AvgIpc) is 3.37. The van der Waals surface area contributed by atoms with Crippen LogP contribution in [0.1, 0.15) is 5.56 Å². The quantitative estimate of drug-likeness (QED) is 0.114. The maximum Gasteiger partial charge on any atom is 0.250 e. The van der Waals surface area contributed by atoms with Crippen LogP contribution in [0.4, 0.5) is 0 Å². The molecular formula is C29H21Cl2N5O2S. The van der Waals surface area contributed by atoms with Crippen LogP contribution in [0.15, 0.2) is 113 Å². The molecule has 10 heteroatoms. The summed E-state index contributed by atoms with van der Waals surface area (Å²) in [7, 11) is 0. The molecule has 0 atom stereocenters. The minimum absolute atomic E-state index is 0.0842. The number of amides is 1. The summed E-state index contributed by atoms with van der Waals surface area (Å²) in [5, 5.41) is 14.6. The van der Waals surface area contributed by atoms with Gasteiger partial charge >= 0.3 is 0 Å². The van der Waals surface area contributed by atoms with Crippen molar-refractivity contribution in [2.24, 2.45) is 5.10 Å². The van der Waals surface area contributed by atoms with E-state index in [1.54, 1.807) is 30.5 Å². The highest BCUT2D eigenvalue weighted by atomic mass is 35.5. The van der Waals surface area contributed by atoms with Crippen molar-refractivity contribution in [2.75, 3.05) is 5.75 Å². The molecule has 0 fully saturated rings. The van der Waals surface area contributed by atoms with Gasteiger partial charge in [-0.25, -0.2) is 5.43 Å². The van der Waals surface area contributed by atoms with E-state index in [4.69, 9.17) is 27.9 Å². The average molecular weight is 574 g/mol. The number of nitrogens with one attached hydrogen (secondary N) is 1. The lowest BCUT2D eigenvalue weighted by molar-refractivity contribution is -0.118. The van der Waals surface area contributed by atoms with Gasteiger partial charge in [0.15, 0.2) is 11.0 Å². The van der Waals surface area contributed by atoms with Gasteiger partial charge in [0.05, 0.1) is 12.0 Å². The molecule has 0 saturated heterocycles. The van der Waals surface area contributed by atoms with E-state index in [0.29, 0.717) is 26.8 Å². The van der Waals surface area contributed by atoms with E-state index in [2.05, 4.69) is 20.7 Å². The van der Waals surface area contributed by atoms with E-state index >= 15 is 0 Å². The predicted octanol–water partition coefficient (Wildman–Crippen LogP) is 7.28. The Labute approximate surface area is 239 Å². The van der Waals surface area contributed by atoms with Gasteiger partial charge in [0.1, 0.15) is 11.5 Å². The molecule has 7 nitrogen and oxygen atoms in total. The van der Waals surface area contributed by atoms with Crippen LogP contribution >= 0.6 is 35.0 Å². The Bertz CT molecular complexity index is 1590. The molecule has 4 aromatic carbocycles. The van der Waals surface area contributed by atoms with Crippen LogP contribution in [-0.4, -0.2) is 32.6 Å². The molecule has 0 saturated carbocycles. The van der Waals surface area contributed by atoms with Crippen molar-refractivity contribution in [3.8, 4) is 28.6 Å². The minimum Gasteiger partial charge on any atom is -0.457 e. The maximum atomic E-state index is 12.6. The third-order valence-electron chi connectivity index (χ3n) is 5.39. The lowest BCUT2D eigenvalue weighted by atomic mass is 10.2. The molecule has 0 radical (unpaired) electrons. The maximum absolute atomic E-state index is 12.6. The number of rotatable bonds is 9. The van der Waals surface area contributed by atoms with Gasteiger partial charge in [-0.05, 0) is 78.4 Å². The van der Waals surface area contributed by atoms with Crippen molar-refractivity contribution in [1.29, 1.82) is 0 Å².